The fourth-order valence-electron chi connectivity index (χ4n) is 1.98. The van der Waals surface area contributed by atoms with Crippen molar-refractivity contribution in [2.75, 3.05) is 6.61 Å². The highest BCUT2D eigenvalue weighted by molar-refractivity contribution is 5.52. The summed E-state index contributed by atoms with van der Waals surface area (Å²) < 4.78 is 7.13. The molecule has 1 aromatic heterocycles. The van der Waals surface area contributed by atoms with E-state index in [1.165, 1.54) is 0 Å². The number of para-hydroxylation sites is 1. The van der Waals surface area contributed by atoms with Gasteiger partial charge in [-0.25, -0.2) is 4.98 Å². The quantitative estimate of drug-likeness (QED) is 0.797. The van der Waals surface area contributed by atoms with Crippen molar-refractivity contribution in [3.63, 3.8) is 0 Å². The molecule has 5 nitrogen and oxygen atoms in total. The second kappa shape index (κ2) is 5.67. The SMILES string of the molecule is CC(O)(Cn1ccnc1)c1ccccc1OCC=O. The Labute approximate surface area is 111 Å². The Bertz CT molecular complexity index is 535. The lowest BCUT2D eigenvalue weighted by Gasteiger charge is -2.26. The predicted octanol–water partition coefficient (Wildman–Crippen LogP) is 1.37. The first kappa shape index (κ1) is 13.3. The van der Waals surface area contributed by atoms with Crippen LogP contribution in [0.15, 0.2) is 43.0 Å². The molecule has 1 atom stereocenters. The number of aliphatic hydroxyl groups is 1. The second-order valence-electron chi connectivity index (χ2n) is 4.48. The van der Waals surface area contributed by atoms with Crippen LogP contribution in [0, 0.1) is 0 Å². The molecule has 0 saturated carbocycles. The third-order valence-electron chi connectivity index (χ3n) is 2.82. The highest BCUT2D eigenvalue weighted by Crippen LogP contribution is 2.31. The standard InChI is InChI=1S/C14H16N2O3/c1-14(18,10-16-7-6-15-11-16)12-4-2-3-5-13(12)19-9-8-17/h2-8,11,18H,9-10H2,1H3. The Balaban J connectivity index is 2.25. The van der Waals surface area contributed by atoms with E-state index >= 15 is 0 Å². The van der Waals surface area contributed by atoms with E-state index in [4.69, 9.17) is 4.74 Å². The van der Waals surface area contributed by atoms with Crippen LogP contribution in [-0.4, -0.2) is 27.6 Å². The van der Waals surface area contributed by atoms with Crippen LogP contribution in [0.5, 0.6) is 5.75 Å². The minimum absolute atomic E-state index is 0.0296. The van der Waals surface area contributed by atoms with Crippen molar-refractivity contribution < 1.29 is 14.6 Å². The summed E-state index contributed by atoms with van der Waals surface area (Å²) in [5.41, 5.74) is -0.467. The topological polar surface area (TPSA) is 64.3 Å². The smallest absolute Gasteiger partial charge is 0.157 e. The van der Waals surface area contributed by atoms with Crippen LogP contribution < -0.4 is 4.74 Å². The molecule has 1 aromatic carbocycles. The molecule has 2 rings (SSSR count). The molecular weight excluding hydrogens is 244 g/mol. The Morgan fingerprint density at radius 1 is 1.47 bits per heavy atom. The summed E-state index contributed by atoms with van der Waals surface area (Å²) in [6.07, 6.45) is 5.76. The molecule has 0 bridgehead atoms. The van der Waals surface area contributed by atoms with Crippen LogP contribution in [0.4, 0.5) is 0 Å². The summed E-state index contributed by atoms with van der Waals surface area (Å²) in [6, 6.07) is 7.15. The molecule has 0 radical (unpaired) electrons. The van der Waals surface area contributed by atoms with Crippen molar-refractivity contribution in [3.8, 4) is 5.75 Å². The molecule has 1 heterocycles. The molecule has 0 aliphatic carbocycles. The van der Waals surface area contributed by atoms with E-state index in [9.17, 15) is 9.90 Å². The molecule has 2 aromatic rings. The van der Waals surface area contributed by atoms with E-state index in [0.29, 0.717) is 24.1 Å². The van der Waals surface area contributed by atoms with E-state index < -0.39 is 5.60 Å². The van der Waals surface area contributed by atoms with Gasteiger partial charge in [0.15, 0.2) is 6.29 Å². The number of carbonyl (C=O) groups is 1. The summed E-state index contributed by atoms with van der Waals surface area (Å²) in [5, 5.41) is 10.6. The summed E-state index contributed by atoms with van der Waals surface area (Å²) in [5.74, 6) is 0.514. The molecular formula is C14H16N2O3. The number of hydrogen-bond donors (Lipinski definition) is 1. The van der Waals surface area contributed by atoms with Crippen LogP contribution >= 0.6 is 0 Å². The zero-order valence-electron chi connectivity index (χ0n) is 10.7. The number of hydrogen-bond acceptors (Lipinski definition) is 4. The Morgan fingerprint density at radius 2 is 2.26 bits per heavy atom. The number of nitrogens with zero attached hydrogens (tertiary/aromatic N) is 2. The van der Waals surface area contributed by atoms with Gasteiger partial charge in [0.1, 0.15) is 18.0 Å². The largest absolute Gasteiger partial charge is 0.486 e. The van der Waals surface area contributed by atoms with Gasteiger partial charge in [0.2, 0.25) is 0 Å². The lowest BCUT2D eigenvalue weighted by Crippen LogP contribution is -2.28. The number of ether oxygens (including phenoxy) is 1. The van der Waals surface area contributed by atoms with Gasteiger partial charge in [-0.05, 0) is 13.0 Å². The number of aromatic nitrogens is 2. The first-order valence-electron chi connectivity index (χ1n) is 5.97. The second-order valence-corrected chi connectivity index (χ2v) is 4.48. The Kier molecular flexibility index (Phi) is 3.97. The molecule has 0 fully saturated rings. The Morgan fingerprint density at radius 3 is 2.95 bits per heavy atom. The zero-order valence-corrected chi connectivity index (χ0v) is 10.7. The maximum Gasteiger partial charge on any atom is 0.157 e. The van der Waals surface area contributed by atoms with Gasteiger partial charge >= 0.3 is 0 Å². The minimum atomic E-state index is -1.11. The molecule has 5 heteroatoms. The first-order valence-corrected chi connectivity index (χ1v) is 5.97. The van der Waals surface area contributed by atoms with Gasteiger partial charge in [-0.3, -0.25) is 4.79 Å². The maximum absolute atomic E-state index is 10.6. The summed E-state index contributed by atoms with van der Waals surface area (Å²) in [7, 11) is 0. The minimum Gasteiger partial charge on any atom is -0.486 e. The fourth-order valence-corrected chi connectivity index (χ4v) is 1.98. The lowest BCUT2D eigenvalue weighted by atomic mass is 9.95. The molecule has 1 N–H and O–H groups in total. The average Bonchev–Trinajstić information content (AvgIpc) is 2.88. The monoisotopic (exact) mass is 260 g/mol. The average molecular weight is 260 g/mol. The molecule has 1 unspecified atom stereocenters. The highest BCUT2D eigenvalue weighted by Gasteiger charge is 2.27. The van der Waals surface area contributed by atoms with Crippen molar-refractivity contribution >= 4 is 6.29 Å². The van der Waals surface area contributed by atoms with Gasteiger partial charge in [0.05, 0.1) is 12.9 Å². The third kappa shape index (κ3) is 3.20. The van der Waals surface area contributed by atoms with E-state index in [0.717, 1.165) is 0 Å². The lowest BCUT2D eigenvalue weighted by molar-refractivity contribution is -0.109. The number of rotatable bonds is 6. The van der Waals surface area contributed by atoms with Crippen molar-refractivity contribution in [3.05, 3.63) is 48.5 Å². The third-order valence-corrected chi connectivity index (χ3v) is 2.82. The number of benzene rings is 1. The Hall–Kier alpha value is -2.14. The molecule has 0 saturated heterocycles. The fraction of sp³-hybridized carbons (Fsp3) is 0.286. The van der Waals surface area contributed by atoms with Crippen molar-refractivity contribution in [1.29, 1.82) is 0 Å². The van der Waals surface area contributed by atoms with Crippen LogP contribution in [0.2, 0.25) is 0 Å². The van der Waals surface area contributed by atoms with Gasteiger partial charge in [-0.15, -0.1) is 0 Å². The molecule has 100 valence electrons. The maximum atomic E-state index is 10.6. The zero-order chi connectivity index (χ0) is 13.7. The number of imidazole rings is 1. The number of carbonyl (C=O) groups excluding carboxylic acids is 1. The van der Waals surface area contributed by atoms with Crippen molar-refractivity contribution in [1.82, 2.24) is 9.55 Å². The van der Waals surface area contributed by atoms with Crippen LogP contribution in [0.25, 0.3) is 0 Å². The van der Waals surface area contributed by atoms with Gasteiger partial charge in [-0.2, -0.15) is 0 Å². The highest BCUT2D eigenvalue weighted by atomic mass is 16.5. The van der Waals surface area contributed by atoms with E-state index in [-0.39, 0.29) is 6.61 Å². The summed E-state index contributed by atoms with van der Waals surface area (Å²) in [6.45, 7) is 2.03. The number of aldehydes is 1. The van der Waals surface area contributed by atoms with Gasteiger partial charge in [-0.1, -0.05) is 18.2 Å². The summed E-state index contributed by atoms with van der Waals surface area (Å²) >= 11 is 0. The first-order chi connectivity index (χ1) is 9.13. The van der Waals surface area contributed by atoms with Crippen LogP contribution in [0.1, 0.15) is 12.5 Å². The normalized spacial score (nSPS) is 13.8. The van der Waals surface area contributed by atoms with E-state index in [2.05, 4.69) is 4.98 Å². The van der Waals surface area contributed by atoms with Crippen molar-refractivity contribution in [2.24, 2.45) is 0 Å². The molecule has 0 aliphatic rings. The molecule has 0 amide bonds. The van der Waals surface area contributed by atoms with Gasteiger partial charge in [0.25, 0.3) is 0 Å². The molecule has 0 aliphatic heterocycles. The van der Waals surface area contributed by atoms with E-state index in [1.54, 1.807) is 48.4 Å². The molecule has 19 heavy (non-hydrogen) atoms. The van der Waals surface area contributed by atoms with E-state index in [1.807, 2.05) is 6.07 Å². The van der Waals surface area contributed by atoms with Crippen molar-refractivity contribution in [2.45, 2.75) is 19.1 Å². The van der Waals surface area contributed by atoms with Crippen LogP contribution in [0.3, 0.4) is 0 Å². The van der Waals surface area contributed by atoms with Crippen LogP contribution in [-0.2, 0) is 16.9 Å². The predicted molar refractivity (Wildman–Crippen MR) is 69.8 cm³/mol. The molecule has 0 spiro atoms. The van der Waals surface area contributed by atoms with Gasteiger partial charge < -0.3 is 14.4 Å². The van der Waals surface area contributed by atoms with Gasteiger partial charge in [0, 0.05) is 18.0 Å². The summed E-state index contributed by atoms with van der Waals surface area (Å²) in [4.78, 5) is 14.3.